The molecule has 0 bridgehead atoms. The molecule has 2 aliphatic rings. The first-order chi connectivity index (χ1) is 12.1. The van der Waals surface area contributed by atoms with Crippen LogP contribution >= 0.6 is 0 Å². The largest absolute Gasteiger partial charge is 0.368 e. The minimum Gasteiger partial charge on any atom is -0.368 e. The van der Waals surface area contributed by atoms with Gasteiger partial charge in [0.15, 0.2) is 0 Å². The quantitative estimate of drug-likeness (QED) is 0.882. The molecule has 1 atom stereocenters. The van der Waals surface area contributed by atoms with Gasteiger partial charge >= 0.3 is 0 Å². The van der Waals surface area contributed by atoms with Crippen molar-refractivity contribution < 1.29 is 14.0 Å². The van der Waals surface area contributed by atoms with Gasteiger partial charge in [0.25, 0.3) is 0 Å². The lowest BCUT2D eigenvalue weighted by atomic mass is 10.0. The molecule has 1 aromatic rings. The summed E-state index contributed by atoms with van der Waals surface area (Å²) in [7, 11) is 0. The maximum Gasteiger partial charge on any atom is 0.234 e. The third kappa shape index (κ3) is 4.18. The summed E-state index contributed by atoms with van der Waals surface area (Å²) in [5.74, 6) is -0.406. The third-order valence-corrected chi connectivity index (χ3v) is 5.47. The van der Waals surface area contributed by atoms with E-state index in [0.717, 1.165) is 32.2 Å². The second kappa shape index (κ2) is 7.95. The Balaban J connectivity index is 1.48. The van der Waals surface area contributed by atoms with Crippen molar-refractivity contribution in [2.24, 2.45) is 5.73 Å². The molecule has 0 unspecified atom stereocenters. The summed E-state index contributed by atoms with van der Waals surface area (Å²) in [4.78, 5) is 28.1. The van der Waals surface area contributed by atoms with E-state index in [9.17, 15) is 14.0 Å². The van der Waals surface area contributed by atoms with Crippen LogP contribution in [0.3, 0.4) is 0 Å². The van der Waals surface area contributed by atoms with Crippen LogP contribution in [0.25, 0.3) is 0 Å². The number of aryl methyl sites for hydroxylation is 1. The maximum absolute atomic E-state index is 13.6. The predicted molar refractivity (Wildman–Crippen MR) is 93.2 cm³/mol. The molecule has 2 saturated heterocycles. The average molecular weight is 347 g/mol. The molecule has 25 heavy (non-hydrogen) atoms. The Labute approximate surface area is 148 Å². The summed E-state index contributed by atoms with van der Waals surface area (Å²) in [6, 6.07) is 6.79. The fourth-order valence-corrected chi connectivity index (χ4v) is 4.08. The molecule has 2 fully saturated rings. The van der Waals surface area contributed by atoms with Gasteiger partial charge in [-0.05, 0) is 50.3 Å². The molecule has 0 aliphatic carbocycles. The highest BCUT2D eigenvalue weighted by Gasteiger charge is 2.36. The van der Waals surface area contributed by atoms with Gasteiger partial charge in [0.2, 0.25) is 11.8 Å². The number of hydrogen-bond donors (Lipinski definition) is 1. The van der Waals surface area contributed by atoms with Crippen LogP contribution in [0, 0.1) is 5.82 Å². The summed E-state index contributed by atoms with van der Waals surface area (Å²) in [5, 5.41) is 0. The van der Waals surface area contributed by atoms with Crippen LogP contribution in [0.1, 0.15) is 37.7 Å². The average Bonchev–Trinajstić information content (AvgIpc) is 3.11. The SMILES string of the molecule is NC(=O)[C@@H]1CCCN1C1CCN(C(=O)CCc2ccccc2F)CC1. The van der Waals surface area contributed by atoms with Gasteiger partial charge < -0.3 is 10.6 Å². The van der Waals surface area contributed by atoms with Crippen molar-refractivity contribution in [3.05, 3.63) is 35.6 Å². The number of nitrogens with two attached hydrogens (primary N) is 1. The summed E-state index contributed by atoms with van der Waals surface area (Å²) >= 11 is 0. The molecule has 0 spiro atoms. The van der Waals surface area contributed by atoms with Crippen LogP contribution in [-0.2, 0) is 16.0 Å². The zero-order valence-corrected chi connectivity index (χ0v) is 14.5. The topological polar surface area (TPSA) is 66.6 Å². The molecule has 2 heterocycles. The second-order valence-electron chi connectivity index (χ2n) is 7.00. The van der Waals surface area contributed by atoms with Crippen LogP contribution in [0.2, 0.25) is 0 Å². The van der Waals surface area contributed by atoms with E-state index in [1.807, 2.05) is 4.90 Å². The van der Waals surface area contributed by atoms with E-state index in [0.29, 0.717) is 37.5 Å². The van der Waals surface area contributed by atoms with Gasteiger partial charge in [0.1, 0.15) is 5.82 Å². The summed E-state index contributed by atoms with van der Waals surface area (Å²) in [5.41, 5.74) is 6.09. The van der Waals surface area contributed by atoms with Gasteiger partial charge in [-0.15, -0.1) is 0 Å². The molecule has 6 heteroatoms. The Morgan fingerprint density at radius 1 is 1.12 bits per heavy atom. The number of carbonyl (C=O) groups excluding carboxylic acids is 2. The zero-order valence-electron chi connectivity index (χ0n) is 14.5. The molecule has 1 aromatic carbocycles. The summed E-state index contributed by atoms with van der Waals surface area (Å²) in [6.07, 6.45) is 4.36. The first kappa shape index (κ1) is 17.9. The van der Waals surface area contributed by atoms with E-state index in [1.54, 1.807) is 18.2 Å². The Morgan fingerprint density at radius 2 is 1.84 bits per heavy atom. The van der Waals surface area contributed by atoms with Crippen LogP contribution in [0.5, 0.6) is 0 Å². The molecule has 0 aromatic heterocycles. The summed E-state index contributed by atoms with van der Waals surface area (Å²) < 4.78 is 13.6. The van der Waals surface area contributed by atoms with Crippen LogP contribution in [0.15, 0.2) is 24.3 Å². The number of halogens is 1. The molecule has 2 amide bonds. The van der Waals surface area contributed by atoms with E-state index in [4.69, 9.17) is 5.73 Å². The van der Waals surface area contributed by atoms with Crippen molar-refractivity contribution in [3.63, 3.8) is 0 Å². The van der Waals surface area contributed by atoms with Crippen molar-refractivity contribution in [1.82, 2.24) is 9.80 Å². The molecule has 3 rings (SSSR count). The minimum atomic E-state index is -0.250. The van der Waals surface area contributed by atoms with E-state index >= 15 is 0 Å². The maximum atomic E-state index is 13.6. The third-order valence-electron chi connectivity index (χ3n) is 5.47. The number of benzene rings is 1. The highest BCUT2D eigenvalue weighted by Crippen LogP contribution is 2.26. The lowest BCUT2D eigenvalue weighted by Crippen LogP contribution is -2.51. The van der Waals surface area contributed by atoms with Crippen molar-refractivity contribution >= 4 is 11.8 Å². The lowest BCUT2D eigenvalue weighted by molar-refractivity contribution is -0.133. The zero-order chi connectivity index (χ0) is 17.8. The van der Waals surface area contributed by atoms with Gasteiger partial charge in [-0.3, -0.25) is 14.5 Å². The number of amides is 2. The standard InChI is InChI=1S/C19H26FN3O2/c20-16-5-2-1-4-14(16)7-8-18(24)22-12-9-15(10-13-22)23-11-3-6-17(23)19(21)25/h1-2,4-5,15,17H,3,6-13H2,(H2,21,25)/t17-/m0/s1. The fourth-order valence-electron chi connectivity index (χ4n) is 4.08. The number of carbonyl (C=O) groups is 2. The number of hydrogen-bond acceptors (Lipinski definition) is 3. The first-order valence-corrected chi connectivity index (χ1v) is 9.12. The highest BCUT2D eigenvalue weighted by molar-refractivity contribution is 5.80. The van der Waals surface area contributed by atoms with E-state index in [2.05, 4.69) is 4.90 Å². The van der Waals surface area contributed by atoms with E-state index < -0.39 is 0 Å². The van der Waals surface area contributed by atoms with Gasteiger partial charge in [-0.2, -0.15) is 0 Å². The van der Waals surface area contributed by atoms with Gasteiger partial charge in [-0.1, -0.05) is 18.2 Å². The molecular weight excluding hydrogens is 321 g/mol. The smallest absolute Gasteiger partial charge is 0.234 e. The van der Waals surface area contributed by atoms with Crippen molar-refractivity contribution in [1.29, 1.82) is 0 Å². The van der Waals surface area contributed by atoms with Crippen LogP contribution in [-0.4, -0.2) is 53.3 Å². The number of likely N-dealkylation sites (tertiary alicyclic amines) is 2. The van der Waals surface area contributed by atoms with Crippen molar-refractivity contribution in [2.75, 3.05) is 19.6 Å². The van der Waals surface area contributed by atoms with Crippen molar-refractivity contribution in [3.8, 4) is 0 Å². The predicted octanol–water partition coefficient (Wildman–Crippen LogP) is 1.70. The molecule has 136 valence electrons. The Hall–Kier alpha value is -1.95. The van der Waals surface area contributed by atoms with Gasteiger partial charge in [0, 0.05) is 25.6 Å². The molecule has 0 radical (unpaired) electrons. The van der Waals surface area contributed by atoms with Gasteiger partial charge in [0.05, 0.1) is 6.04 Å². The monoisotopic (exact) mass is 347 g/mol. The van der Waals surface area contributed by atoms with E-state index in [1.165, 1.54) is 6.07 Å². The molecule has 0 saturated carbocycles. The van der Waals surface area contributed by atoms with Gasteiger partial charge in [-0.25, -0.2) is 4.39 Å². The number of piperidine rings is 1. The normalized spacial score (nSPS) is 22.3. The number of primary amides is 1. The van der Waals surface area contributed by atoms with Crippen LogP contribution < -0.4 is 5.73 Å². The second-order valence-corrected chi connectivity index (χ2v) is 7.00. The molecule has 5 nitrogen and oxygen atoms in total. The summed E-state index contributed by atoms with van der Waals surface area (Å²) in [6.45, 7) is 2.31. The lowest BCUT2D eigenvalue weighted by Gasteiger charge is -2.38. The van der Waals surface area contributed by atoms with Crippen molar-refractivity contribution in [2.45, 2.75) is 50.6 Å². The highest BCUT2D eigenvalue weighted by atomic mass is 19.1. The molecule has 2 aliphatic heterocycles. The number of rotatable bonds is 5. The Kier molecular flexibility index (Phi) is 5.68. The molecule has 2 N–H and O–H groups in total. The number of nitrogens with zero attached hydrogens (tertiary/aromatic N) is 2. The first-order valence-electron chi connectivity index (χ1n) is 9.12. The van der Waals surface area contributed by atoms with E-state index in [-0.39, 0.29) is 23.7 Å². The minimum absolute atomic E-state index is 0.0783. The van der Waals surface area contributed by atoms with Crippen LogP contribution in [0.4, 0.5) is 4.39 Å². The Bertz CT molecular complexity index is 629. The Morgan fingerprint density at radius 3 is 2.52 bits per heavy atom. The molecular formula is C19H26FN3O2. The fraction of sp³-hybridized carbons (Fsp3) is 0.579.